The molecule has 4 rings (SSSR count). The largest absolute Gasteiger partial charge is 0.481 e. The van der Waals surface area contributed by atoms with E-state index in [2.05, 4.69) is 14.9 Å². The van der Waals surface area contributed by atoms with Crippen molar-refractivity contribution in [2.24, 2.45) is 0 Å². The molecular weight excluding hydrogens is 484 g/mol. The van der Waals surface area contributed by atoms with Gasteiger partial charge in [-0.2, -0.15) is 31.3 Å². The summed E-state index contributed by atoms with van der Waals surface area (Å²) in [5.41, 5.74) is -0.607. The second kappa shape index (κ2) is 8.64. The van der Waals surface area contributed by atoms with Crippen LogP contribution in [0.5, 0.6) is 5.75 Å². The van der Waals surface area contributed by atoms with Crippen LogP contribution in [0.2, 0.25) is 0 Å². The van der Waals surface area contributed by atoms with Crippen LogP contribution in [0.3, 0.4) is 0 Å². The highest BCUT2D eigenvalue weighted by Crippen LogP contribution is 2.40. The molecule has 2 aromatic heterocycles. The van der Waals surface area contributed by atoms with Crippen LogP contribution in [0.1, 0.15) is 12.5 Å². The number of benzene rings is 2. The fourth-order valence-corrected chi connectivity index (χ4v) is 3.40. The number of alkyl halides is 6. The Labute approximate surface area is 192 Å². The van der Waals surface area contributed by atoms with Gasteiger partial charge in [-0.15, -0.1) is 0 Å². The Kier molecular flexibility index (Phi) is 5.95. The topological polar surface area (TPSA) is 90.4 Å². The summed E-state index contributed by atoms with van der Waals surface area (Å²) in [5, 5.41) is 13.4. The third-order valence-corrected chi connectivity index (χ3v) is 5.08. The lowest BCUT2D eigenvalue weighted by Crippen LogP contribution is -2.31. The van der Waals surface area contributed by atoms with Gasteiger partial charge in [0.15, 0.2) is 6.10 Å². The maximum absolute atomic E-state index is 13.6. The molecular formula is C22H15F6N3O4. The van der Waals surface area contributed by atoms with E-state index >= 15 is 0 Å². The molecule has 0 spiro atoms. The quantitative estimate of drug-likeness (QED) is 0.338. The van der Waals surface area contributed by atoms with Crippen LogP contribution in [0.15, 0.2) is 53.2 Å². The molecule has 0 aliphatic carbocycles. The van der Waals surface area contributed by atoms with Crippen LogP contribution >= 0.6 is 0 Å². The highest BCUT2D eigenvalue weighted by Gasteiger charge is 2.41. The number of hydrogen-bond acceptors (Lipinski definition) is 5. The summed E-state index contributed by atoms with van der Waals surface area (Å²) in [6, 6.07) is 8.98. The van der Waals surface area contributed by atoms with Crippen molar-refractivity contribution in [2.45, 2.75) is 31.9 Å². The Bertz CT molecular complexity index is 1390. The summed E-state index contributed by atoms with van der Waals surface area (Å²) in [6.07, 6.45) is -10.8. The summed E-state index contributed by atoms with van der Waals surface area (Å²) >= 11 is 0. The number of halogens is 6. The van der Waals surface area contributed by atoms with E-state index in [1.54, 1.807) is 30.5 Å². The number of fused-ring (bicyclic) bond motifs is 1. The average Bonchev–Trinajstić information content (AvgIpc) is 3.40. The lowest BCUT2D eigenvalue weighted by molar-refractivity contribution is -0.191. The van der Waals surface area contributed by atoms with Gasteiger partial charge in [0.2, 0.25) is 5.82 Å². The fourth-order valence-electron chi connectivity index (χ4n) is 3.40. The Morgan fingerprint density at radius 1 is 1.14 bits per heavy atom. The van der Waals surface area contributed by atoms with E-state index in [0.29, 0.717) is 29.5 Å². The van der Waals surface area contributed by atoms with Gasteiger partial charge in [0.25, 0.3) is 5.89 Å². The highest BCUT2D eigenvalue weighted by atomic mass is 19.4. The summed E-state index contributed by atoms with van der Waals surface area (Å²) in [5.74, 6) is -2.32. The second-order valence-corrected chi connectivity index (χ2v) is 7.51. The van der Waals surface area contributed by atoms with Crippen molar-refractivity contribution >= 4 is 16.9 Å². The molecule has 4 aromatic rings. The van der Waals surface area contributed by atoms with Gasteiger partial charge in [0, 0.05) is 28.2 Å². The molecule has 0 amide bonds. The summed E-state index contributed by atoms with van der Waals surface area (Å²) in [6.45, 7) is 0.314. The third-order valence-electron chi connectivity index (χ3n) is 5.08. The Morgan fingerprint density at radius 3 is 2.54 bits per heavy atom. The number of carboxylic acid groups (broad SMARTS) is 1. The minimum absolute atomic E-state index is 0.0262. The molecule has 184 valence electrons. The zero-order valence-electron chi connectivity index (χ0n) is 17.7. The molecule has 0 aliphatic rings. The molecule has 35 heavy (non-hydrogen) atoms. The molecule has 0 radical (unpaired) electrons. The smallest absolute Gasteiger partial charge is 0.425 e. The van der Waals surface area contributed by atoms with E-state index in [0.717, 1.165) is 12.1 Å². The van der Waals surface area contributed by atoms with Crippen molar-refractivity contribution in [3.8, 4) is 28.6 Å². The number of aliphatic carboxylic acids is 1. The molecule has 0 saturated carbocycles. The van der Waals surface area contributed by atoms with E-state index in [9.17, 15) is 31.1 Å². The molecule has 2 heterocycles. The molecule has 1 atom stereocenters. The van der Waals surface area contributed by atoms with Crippen LogP contribution < -0.4 is 4.74 Å². The number of hydrogen-bond donors (Lipinski definition) is 1. The van der Waals surface area contributed by atoms with E-state index < -0.39 is 35.7 Å². The van der Waals surface area contributed by atoms with Gasteiger partial charge in [-0.3, -0.25) is 4.79 Å². The van der Waals surface area contributed by atoms with Gasteiger partial charge in [-0.05, 0) is 37.3 Å². The SMILES string of the molecule is C[C@H](Oc1ccc(-c2nc(-c3cccc4c3ccn4CC(=O)O)no2)cc1C(F)(F)F)C(F)(F)F. The van der Waals surface area contributed by atoms with Gasteiger partial charge >= 0.3 is 18.3 Å². The lowest BCUT2D eigenvalue weighted by atomic mass is 10.1. The van der Waals surface area contributed by atoms with Crippen molar-refractivity contribution in [3.63, 3.8) is 0 Å². The predicted molar refractivity (Wildman–Crippen MR) is 109 cm³/mol. The summed E-state index contributed by atoms with van der Waals surface area (Å²) in [4.78, 5) is 15.2. The molecule has 0 aliphatic heterocycles. The van der Waals surface area contributed by atoms with Crippen molar-refractivity contribution in [1.82, 2.24) is 14.7 Å². The van der Waals surface area contributed by atoms with Crippen LogP contribution in [-0.2, 0) is 17.5 Å². The van der Waals surface area contributed by atoms with Crippen molar-refractivity contribution in [1.29, 1.82) is 0 Å². The van der Waals surface area contributed by atoms with E-state index in [1.165, 1.54) is 4.57 Å². The van der Waals surface area contributed by atoms with Crippen molar-refractivity contribution < 1.29 is 45.5 Å². The first-order chi connectivity index (χ1) is 16.3. The highest BCUT2D eigenvalue weighted by molar-refractivity contribution is 5.94. The molecule has 2 aromatic carbocycles. The van der Waals surface area contributed by atoms with Gasteiger partial charge in [-0.25, -0.2) is 0 Å². The number of aromatic nitrogens is 3. The molecule has 0 bridgehead atoms. The molecule has 0 saturated heterocycles. The van der Waals surface area contributed by atoms with Crippen LogP contribution in [0.4, 0.5) is 26.3 Å². The normalized spacial score (nSPS) is 13.2. The lowest BCUT2D eigenvalue weighted by Gasteiger charge is -2.20. The summed E-state index contributed by atoms with van der Waals surface area (Å²) in [7, 11) is 0. The van der Waals surface area contributed by atoms with E-state index in [1.807, 2.05) is 0 Å². The van der Waals surface area contributed by atoms with Crippen LogP contribution in [0.25, 0.3) is 33.7 Å². The molecule has 13 heteroatoms. The van der Waals surface area contributed by atoms with Crippen LogP contribution in [0, 0.1) is 0 Å². The minimum atomic E-state index is -5.02. The second-order valence-electron chi connectivity index (χ2n) is 7.51. The van der Waals surface area contributed by atoms with Gasteiger partial charge in [-0.1, -0.05) is 17.3 Å². The zero-order chi connectivity index (χ0) is 25.5. The molecule has 0 fully saturated rings. The van der Waals surface area contributed by atoms with Gasteiger partial charge in [0.05, 0.1) is 5.56 Å². The maximum Gasteiger partial charge on any atom is 0.425 e. The molecule has 1 N–H and O–H groups in total. The first-order valence-electron chi connectivity index (χ1n) is 9.93. The van der Waals surface area contributed by atoms with Gasteiger partial charge < -0.3 is 18.9 Å². The third kappa shape index (κ3) is 4.93. The minimum Gasteiger partial charge on any atom is -0.481 e. The Morgan fingerprint density at radius 2 is 1.89 bits per heavy atom. The number of nitrogens with zero attached hydrogens (tertiary/aromatic N) is 3. The zero-order valence-corrected chi connectivity index (χ0v) is 17.7. The fraction of sp³-hybridized carbons (Fsp3) is 0.227. The maximum atomic E-state index is 13.6. The number of carbonyl (C=O) groups is 1. The number of carboxylic acids is 1. The number of ether oxygens (including phenoxy) is 1. The molecule has 0 unspecified atom stereocenters. The predicted octanol–water partition coefficient (Wildman–Crippen LogP) is 5.79. The Hall–Kier alpha value is -4.03. The monoisotopic (exact) mass is 499 g/mol. The Balaban J connectivity index is 1.71. The average molecular weight is 499 g/mol. The van der Waals surface area contributed by atoms with Crippen molar-refractivity contribution in [3.05, 3.63) is 54.2 Å². The number of rotatable bonds is 6. The molecule has 7 nitrogen and oxygen atoms in total. The first-order valence-corrected chi connectivity index (χ1v) is 9.93. The standard InChI is InChI=1S/C22H15F6N3O4/c1-11(21(23,24)25)34-17-6-5-12(9-15(17)22(26,27)28)20-29-19(30-35-20)14-3-2-4-16-13(14)7-8-31(16)10-18(32)33/h2-9,11H,10H2,1H3,(H,32,33)/t11-/m0/s1. The van der Waals surface area contributed by atoms with Crippen molar-refractivity contribution in [2.75, 3.05) is 0 Å². The van der Waals surface area contributed by atoms with E-state index in [4.69, 9.17) is 9.63 Å². The van der Waals surface area contributed by atoms with Crippen LogP contribution in [-0.4, -0.2) is 38.1 Å². The van der Waals surface area contributed by atoms with E-state index in [-0.39, 0.29) is 23.8 Å². The first kappa shape index (κ1) is 24.1. The summed E-state index contributed by atoms with van der Waals surface area (Å²) < 4.78 is 90.1. The van der Waals surface area contributed by atoms with Gasteiger partial charge in [0.1, 0.15) is 12.3 Å².